The van der Waals surface area contributed by atoms with Gasteiger partial charge in [-0.1, -0.05) is 6.07 Å². The molecule has 154 valence electrons. The molecule has 28 heavy (non-hydrogen) atoms. The number of halogens is 3. The Hall–Kier alpha value is -1.73. The van der Waals surface area contributed by atoms with Crippen LogP contribution in [0.1, 0.15) is 32.1 Å². The molecule has 1 aromatic carbocycles. The number of aromatic nitrogens is 1. The van der Waals surface area contributed by atoms with Crippen LogP contribution < -0.4 is 4.74 Å². The van der Waals surface area contributed by atoms with E-state index in [2.05, 4.69) is 4.90 Å². The van der Waals surface area contributed by atoms with E-state index in [0.29, 0.717) is 17.4 Å². The molecule has 2 aliphatic rings. The molecule has 2 saturated heterocycles. The molecule has 0 N–H and O–H groups in total. The van der Waals surface area contributed by atoms with Gasteiger partial charge in [0.2, 0.25) is 0 Å². The Morgan fingerprint density at radius 2 is 1.89 bits per heavy atom. The minimum atomic E-state index is -4.24. The number of hydrogen-bond acceptors (Lipinski definition) is 3. The predicted octanol–water partition coefficient (Wildman–Crippen LogP) is 4.62. The molecular formula is C21H27F3N2O2. The highest BCUT2D eigenvalue weighted by Gasteiger charge is 2.29. The van der Waals surface area contributed by atoms with Crippen molar-refractivity contribution in [1.29, 1.82) is 0 Å². The van der Waals surface area contributed by atoms with Gasteiger partial charge in [-0.2, -0.15) is 13.2 Å². The van der Waals surface area contributed by atoms with E-state index in [9.17, 15) is 13.2 Å². The van der Waals surface area contributed by atoms with E-state index in [-0.39, 0.29) is 6.10 Å². The Labute approximate surface area is 163 Å². The van der Waals surface area contributed by atoms with E-state index in [4.69, 9.17) is 9.47 Å². The van der Waals surface area contributed by atoms with Crippen LogP contribution in [0, 0.1) is 0 Å². The summed E-state index contributed by atoms with van der Waals surface area (Å²) in [6, 6.07) is 7.04. The Balaban J connectivity index is 1.35. The molecule has 4 nitrogen and oxygen atoms in total. The first kappa shape index (κ1) is 19.6. The Morgan fingerprint density at radius 1 is 1.07 bits per heavy atom. The Kier molecular flexibility index (Phi) is 5.83. The molecule has 2 aromatic rings. The normalized spacial score (nSPS) is 22.6. The number of nitrogens with zero attached hydrogens (tertiary/aromatic N) is 2. The SMILES string of the molecule is FC(F)(F)Cn1ccc2c(OC3CCN(CC4CCCCO4)CC3)cccc21. The minimum Gasteiger partial charge on any atom is -0.490 e. The van der Waals surface area contributed by atoms with Crippen molar-refractivity contribution in [3.8, 4) is 5.75 Å². The van der Waals surface area contributed by atoms with Gasteiger partial charge in [-0.05, 0) is 50.3 Å². The molecule has 0 amide bonds. The van der Waals surface area contributed by atoms with E-state index >= 15 is 0 Å². The fourth-order valence-corrected chi connectivity index (χ4v) is 4.26. The number of alkyl halides is 3. The standard InChI is InChI=1S/C21H27F3N2O2/c22-21(23,24)15-26-12-9-18-19(26)5-3-6-20(18)28-16-7-10-25(11-8-16)14-17-4-1-2-13-27-17/h3,5-6,9,12,16-17H,1-2,4,7-8,10-11,13-15H2. The van der Waals surface area contributed by atoms with Gasteiger partial charge in [0.15, 0.2) is 0 Å². The number of piperidine rings is 1. The van der Waals surface area contributed by atoms with Crippen molar-refractivity contribution in [2.24, 2.45) is 0 Å². The largest absolute Gasteiger partial charge is 0.490 e. The summed E-state index contributed by atoms with van der Waals surface area (Å²) in [6.45, 7) is 2.82. The molecule has 0 radical (unpaired) electrons. The van der Waals surface area contributed by atoms with Crippen LogP contribution in [0.3, 0.4) is 0 Å². The number of fused-ring (bicyclic) bond motifs is 1. The monoisotopic (exact) mass is 396 g/mol. The van der Waals surface area contributed by atoms with Crippen LogP contribution in [-0.4, -0.2) is 54.1 Å². The molecule has 1 aromatic heterocycles. The van der Waals surface area contributed by atoms with Crippen molar-refractivity contribution >= 4 is 10.9 Å². The van der Waals surface area contributed by atoms with E-state index in [1.165, 1.54) is 23.6 Å². The summed E-state index contributed by atoms with van der Waals surface area (Å²) < 4.78 is 51.5. The van der Waals surface area contributed by atoms with Gasteiger partial charge in [0.1, 0.15) is 18.4 Å². The average molecular weight is 396 g/mol. The second kappa shape index (κ2) is 8.33. The topological polar surface area (TPSA) is 26.6 Å². The van der Waals surface area contributed by atoms with Gasteiger partial charge >= 0.3 is 6.18 Å². The summed E-state index contributed by atoms with van der Waals surface area (Å²) in [7, 11) is 0. The van der Waals surface area contributed by atoms with E-state index < -0.39 is 12.7 Å². The highest BCUT2D eigenvalue weighted by molar-refractivity contribution is 5.86. The first-order valence-corrected chi connectivity index (χ1v) is 10.1. The van der Waals surface area contributed by atoms with E-state index in [0.717, 1.165) is 50.9 Å². The maximum atomic E-state index is 12.8. The lowest BCUT2D eigenvalue weighted by molar-refractivity contribution is -0.139. The van der Waals surface area contributed by atoms with Crippen LogP contribution in [0.4, 0.5) is 13.2 Å². The lowest BCUT2D eigenvalue weighted by Crippen LogP contribution is -2.43. The van der Waals surface area contributed by atoms with Crippen LogP contribution >= 0.6 is 0 Å². The third-order valence-electron chi connectivity index (χ3n) is 5.69. The molecule has 0 bridgehead atoms. The molecule has 4 rings (SSSR count). The predicted molar refractivity (Wildman–Crippen MR) is 102 cm³/mol. The smallest absolute Gasteiger partial charge is 0.406 e. The van der Waals surface area contributed by atoms with Crippen LogP contribution in [-0.2, 0) is 11.3 Å². The summed E-state index contributed by atoms with van der Waals surface area (Å²) in [4.78, 5) is 2.44. The first-order valence-electron chi connectivity index (χ1n) is 10.1. The maximum absolute atomic E-state index is 12.8. The zero-order valence-electron chi connectivity index (χ0n) is 16.0. The number of benzene rings is 1. The van der Waals surface area contributed by atoms with Crippen LogP contribution in [0.2, 0.25) is 0 Å². The highest BCUT2D eigenvalue weighted by Crippen LogP contribution is 2.31. The lowest BCUT2D eigenvalue weighted by Gasteiger charge is -2.35. The van der Waals surface area contributed by atoms with Crippen LogP contribution in [0.25, 0.3) is 10.9 Å². The van der Waals surface area contributed by atoms with Gasteiger partial charge in [-0.25, -0.2) is 0 Å². The number of hydrogen-bond donors (Lipinski definition) is 0. The quantitative estimate of drug-likeness (QED) is 0.738. The minimum absolute atomic E-state index is 0.0973. The number of likely N-dealkylation sites (tertiary alicyclic amines) is 1. The van der Waals surface area contributed by atoms with E-state index in [1.807, 2.05) is 6.07 Å². The zero-order chi connectivity index (χ0) is 19.6. The van der Waals surface area contributed by atoms with Gasteiger partial charge in [0, 0.05) is 37.8 Å². The lowest BCUT2D eigenvalue weighted by atomic mass is 10.0. The summed E-state index contributed by atoms with van der Waals surface area (Å²) in [5.41, 5.74) is 0.557. The summed E-state index contributed by atoms with van der Waals surface area (Å²) in [6.07, 6.45) is 3.11. The summed E-state index contributed by atoms with van der Waals surface area (Å²) in [5.74, 6) is 0.674. The van der Waals surface area contributed by atoms with Gasteiger partial charge in [0.25, 0.3) is 0 Å². The summed E-state index contributed by atoms with van der Waals surface area (Å²) >= 11 is 0. The van der Waals surface area contributed by atoms with Crippen molar-refractivity contribution in [2.75, 3.05) is 26.2 Å². The highest BCUT2D eigenvalue weighted by atomic mass is 19.4. The molecule has 2 aliphatic heterocycles. The summed E-state index contributed by atoms with van der Waals surface area (Å²) in [5, 5.41) is 0.741. The molecule has 0 saturated carbocycles. The van der Waals surface area contributed by atoms with Gasteiger partial charge in [-0.15, -0.1) is 0 Å². The second-order valence-electron chi connectivity index (χ2n) is 7.85. The van der Waals surface area contributed by atoms with Crippen molar-refractivity contribution in [3.05, 3.63) is 30.5 Å². The zero-order valence-corrected chi connectivity index (χ0v) is 16.0. The maximum Gasteiger partial charge on any atom is 0.406 e. The molecule has 3 heterocycles. The van der Waals surface area contributed by atoms with Gasteiger partial charge < -0.3 is 18.9 Å². The molecule has 1 unspecified atom stereocenters. The van der Waals surface area contributed by atoms with Crippen molar-refractivity contribution < 1.29 is 22.6 Å². The van der Waals surface area contributed by atoms with Crippen molar-refractivity contribution in [2.45, 2.75) is 57.0 Å². The third-order valence-corrected chi connectivity index (χ3v) is 5.69. The third kappa shape index (κ3) is 4.81. The fourth-order valence-electron chi connectivity index (χ4n) is 4.26. The molecule has 2 fully saturated rings. The van der Waals surface area contributed by atoms with Crippen molar-refractivity contribution in [1.82, 2.24) is 9.47 Å². The van der Waals surface area contributed by atoms with Gasteiger partial charge in [0.05, 0.1) is 11.6 Å². The van der Waals surface area contributed by atoms with Crippen LogP contribution in [0.5, 0.6) is 5.75 Å². The molecule has 0 spiro atoms. The molecule has 1 atom stereocenters. The fraction of sp³-hybridized carbons (Fsp3) is 0.619. The van der Waals surface area contributed by atoms with E-state index in [1.54, 1.807) is 18.2 Å². The molecular weight excluding hydrogens is 369 g/mol. The second-order valence-corrected chi connectivity index (χ2v) is 7.85. The Bertz CT molecular complexity index is 776. The number of ether oxygens (including phenoxy) is 2. The Morgan fingerprint density at radius 3 is 2.61 bits per heavy atom. The first-order chi connectivity index (χ1) is 13.5. The van der Waals surface area contributed by atoms with Crippen molar-refractivity contribution in [3.63, 3.8) is 0 Å². The number of rotatable bonds is 5. The van der Waals surface area contributed by atoms with Gasteiger partial charge in [-0.3, -0.25) is 0 Å². The van der Waals surface area contributed by atoms with Crippen LogP contribution in [0.15, 0.2) is 30.5 Å². The molecule has 0 aliphatic carbocycles. The molecule has 7 heteroatoms. The average Bonchev–Trinajstić information content (AvgIpc) is 3.06.